The fraction of sp³-hybridized carbons (Fsp3) is 0.625. The van der Waals surface area contributed by atoms with Gasteiger partial charge in [-0.25, -0.2) is 0 Å². The van der Waals surface area contributed by atoms with Crippen LogP contribution in [0, 0.1) is 0 Å². The van der Waals surface area contributed by atoms with Crippen molar-refractivity contribution in [2.45, 2.75) is 51.1 Å². The number of amides is 2. The van der Waals surface area contributed by atoms with Gasteiger partial charge in [-0.3, -0.25) is 9.59 Å². The van der Waals surface area contributed by atoms with Crippen LogP contribution in [0.5, 0.6) is 0 Å². The quantitative estimate of drug-likeness (QED) is 0.858. The molecule has 0 bridgehead atoms. The third kappa shape index (κ3) is 2.71. The van der Waals surface area contributed by atoms with Crippen LogP contribution < -0.4 is 0 Å². The van der Waals surface area contributed by atoms with Crippen molar-refractivity contribution in [3.8, 4) is 0 Å². The van der Waals surface area contributed by atoms with E-state index in [1.54, 1.807) is 16.2 Å². The molecule has 3 heterocycles. The van der Waals surface area contributed by atoms with Crippen molar-refractivity contribution in [3.63, 3.8) is 0 Å². The van der Waals surface area contributed by atoms with Crippen molar-refractivity contribution in [2.75, 3.05) is 13.1 Å². The predicted molar refractivity (Wildman–Crippen MR) is 83.0 cm³/mol. The Hall–Kier alpha value is -1.36. The molecule has 1 aromatic rings. The minimum Gasteiger partial charge on any atom is -0.333 e. The lowest BCUT2D eigenvalue weighted by molar-refractivity contribution is -0.140. The second-order valence-corrected chi connectivity index (χ2v) is 6.83. The second kappa shape index (κ2) is 6.18. The zero-order valence-corrected chi connectivity index (χ0v) is 13.3. The number of nitrogens with zero attached hydrogens (tertiary/aromatic N) is 2. The molecule has 114 valence electrons. The van der Waals surface area contributed by atoms with E-state index in [2.05, 4.69) is 18.4 Å². The molecular formula is C16H22N2O2S. The van der Waals surface area contributed by atoms with Gasteiger partial charge in [0.25, 0.3) is 0 Å². The Kier molecular flexibility index (Phi) is 4.29. The summed E-state index contributed by atoms with van der Waals surface area (Å²) in [5.74, 6) is 0.306. The second-order valence-electron chi connectivity index (χ2n) is 5.85. The largest absolute Gasteiger partial charge is 0.333 e. The van der Waals surface area contributed by atoms with Gasteiger partial charge in [0, 0.05) is 24.4 Å². The fourth-order valence-corrected chi connectivity index (χ4v) is 4.37. The Morgan fingerprint density at radius 3 is 2.95 bits per heavy atom. The zero-order chi connectivity index (χ0) is 14.8. The smallest absolute Gasteiger partial charge is 0.245 e. The summed E-state index contributed by atoms with van der Waals surface area (Å²) in [5.41, 5.74) is 0. The Labute approximate surface area is 129 Å². The van der Waals surface area contributed by atoms with Gasteiger partial charge in [-0.15, -0.1) is 11.3 Å². The minimum absolute atomic E-state index is 0.135. The zero-order valence-electron chi connectivity index (χ0n) is 12.5. The van der Waals surface area contributed by atoms with E-state index in [9.17, 15) is 9.59 Å². The molecule has 2 aliphatic heterocycles. The monoisotopic (exact) mass is 306 g/mol. The molecule has 0 aliphatic carbocycles. The third-order valence-corrected chi connectivity index (χ3v) is 5.49. The number of fused-ring (bicyclic) bond motifs is 1. The third-order valence-electron chi connectivity index (χ3n) is 4.52. The van der Waals surface area contributed by atoms with Gasteiger partial charge in [0.15, 0.2) is 0 Å². The number of hydrogen-bond acceptors (Lipinski definition) is 3. The van der Waals surface area contributed by atoms with E-state index in [1.165, 1.54) is 4.88 Å². The first-order valence-corrected chi connectivity index (χ1v) is 8.73. The molecule has 0 radical (unpaired) electrons. The van der Waals surface area contributed by atoms with Crippen LogP contribution in [0.4, 0.5) is 0 Å². The summed E-state index contributed by atoms with van der Waals surface area (Å²) in [7, 11) is 0. The number of carbonyl (C=O) groups excluding carboxylic acids is 2. The van der Waals surface area contributed by atoms with Gasteiger partial charge in [-0.1, -0.05) is 19.4 Å². The van der Waals surface area contributed by atoms with Gasteiger partial charge in [0.05, 0.1) is 6.04 Å². The van der Waals surface area contributed by atoms with E-state index in [0.29, 0.717) is 13.0 Å². The number of carbonyl (C=O) groups is 2. The molecule has 3 rings (SSSR count). The molecule has 5 heteroatoms. The van der Waals surface area contributed by atoms with Crippen LogP contribution in [0.1, 0.15) is 49.9 Å². The first-order chi connectivity index (χ1) is 10.2. The number of hydrogen-bond donors (Lipinski definition) is 0. The van der Waals surface area contributed by atoms with E-state index >= 15 is 0 Å². The van der Waals surface area contributed by atoms with E-state index in [1.807, 2.05) is 11.0 Å². The lowest BCUT2D eigenvalue weighted by Crippen LogP contribution is -2.44. The first kappa shape index (κ1) is 14.6. The van der Waals surface area contributed by atoms with Crippen molar-refractivity contribution in [1.29, 1.82) is 0 Å². The highest BCUT2D eigenvalue weighted by Gasteiger charge is 2.41. The Morgan fingerprint density at radius 2 is 2.24 bits per heavy atom. The van der Waals surface area contributed by atoms with E-state index in [-0.39, 0.29) is 23.9 Å². The van der Waals surface area contributed by atoms with Gasteiger partial charge in [0.2, 0.25) is 11.8 Å². The molecule has 21 heavy (non-hydrogen) atoms. The Balaban J connectivity index is 1.88. The van der Waals surface area contributed by atoms with Crippen molar-refractivity contribution in [1.82, 2.24) is 9.80 Å². The van der Waals surface area contributed by atoms with E-state index < -0.39 is 0 Å². The molecule has 2 unspecified atom stereocenters. The highest BCUT2D eigenvalue weighted by molar-refractivity contribution is 7.10. The molecule has 2 saturated heterocycles. The van der Waals surface area contributed by atoms with Gasteiger partial charge < -0.3 is 9.80 Å². The van der Waals surface area contributed by atoms with Gasteiger partial charge >= 0.3 is 0 Å². The number of thiophene rings is 1. The lowest BCUT2D eigenvalue weighted by atomic mass is 10.1. The van der Waals surface area contributed by atoms with Crippen LogP contribution in [0.25, 0.3) is 0 Å². The molecule has 4 nitrogen and oxygen atoms in total. The summed E-state index contributed by atoms with van der Waals surface area (Å²) in [5, 5.41) is 2.06. The normalized spacial score (nSPS) is 24.1. The van der Waals surface area contributed by atoms with Crippen LogP contribution in [-0.4, -0.2) is 40.7 Å². The van der Waals surface area contributed by atoms with E-state index in [0.717, 1.165) is 32.2 Å². The standard InChI is InChI=1S/C16H22N2O2S/c1-2-5-12(14-7-4-11-21-14)18-10-8-15(19)17-9-3-6-13(17)16(18)20/h4,7,11-13H,2-3,5-6,8-10H2,1H3. The van der Waals surface area contributed by atoms with Crippen molar-refractivity contribution >= 4 is 23.2 Å². The predicted octanol–water partition coefficient (Wildman–Crippen LogP) is 2.81. The van der Waals surface area contributed by atoms with Crippen molar-refractivity contribution < 1.29 is 9.59 Å². The molecule has 0 saturated carbocycles. The average Bonchev–Trinajstić information content (AvgIpc) is 3.15. The van der Waals surface area contributed by atoms with Gasteiger partial charge in [-0.05, 0) is 30.7 Å². The van der Waals surface area contributed by atoms with Crippen molar-refractivity contribution in [2.24, 2.45) is 0 Å². The summed E-state index contributed by atoms with van der Waals surface area (Å²) < 4.78 is 0. The highest BCUT2D eigenvalue weighted by atomic mass is 32.1. The van der Waals surface area contributed by atoms with Crippen molar-refractivity contribution in [3.05, 3.63) is 22.4 Å². The van der Waals surface area contributed by atoms with E-state index in [4.69, 9.17) is 0 Å². The maximum absolute atomic E-state index is 12.9. The van der Waals surface area contributed by atoms with Gasteiger partial charge in [-0.2, -0.15) is 0 Å². The van der Waals surface area contributed by atoms with Crippen LogP contribution in [0.15, 0.2) is 17.5 Å². The molecule has 1 aromatic heterocycles. The fourth-order valence-electron chi connectivity index (χ4n) is 3.50. The molecule has 2 atom stereocenters. The highest BCUT2D eigenvalue weighted by Crippen LogP contribution is 2.33. The van der Waals surface area contributed by atoms with Crippen LogP contribution >= 0.6 is 11.3 Å². The first-order valence-electron chi connectivity index (χ1n) is 7.85. The average molecular weight is 306 g/mol. The molecule has 2 aliphatic rings. The molecule has 0 N–H and O–H groups in total. The minimum atomic E-state index is -0.209. The summed E-state index contributed by atoms with van der Waals surface area (Å²) in [6, 6.07) is 4.07. The molecule has 2 fully saturated rings. The summed E-state index contributed by atoms with van der Waals surface area (Å²) in [6.07, 6.45) is 4.24. The summed E-state index contributed by atoms with van der Waals surface area (Å²) in [4.78, 5) is 30.1. The lowest BCUT2D eigenvalue weighted by Gasteiger charge is -2.32. The Morgan fingerprint density at radius 1 is 1.38 bits per heavy atom. The topological polar surface area (TPSA) is 40.6 Å². The number of rotatable bonds is 4. The SMILES string of the molecule is CCCC(c1cccs1)N1CCC(=O)N2CCCC2C1=O. The maximum atomic E-state index is 12.9. The summed E-state index contributed by atoms with van der Waals surface area (Å²) >= 11 is 1.71. The molecule has 0 aromatic carbocycles. The van der Waals surface area contributed by atoms with Gasteiger partial charge in [0.1, 0.15) is 6.04 Å². The van der Waals surface area contributed by atoms with Crippen LogP contribution in [-0.2, 0) is 9.59 Å². The summed E-state index contributed by atoms with van der Waals surface area (Å²) in [6.45, 7) is 3.46. The van der Waals surface area contributed by atoms with Crippen LogP contribution in [0.3, 0.4) is 0 Å². The van der Waals surface area contributed by atoms with Crippen LogP contribution in [0.2, 0.25) is 0 Å². The Bertz CT molecular complexity index is 514. The molecule has 0 spiro atoms. The maximum Gasteiger partial charge on any atom is 0.245 e. The molecular weight excluding hydrogens is 284 g/mol. The molecule has 2 amide bonds.